The van der Waals surface area contributed by atoms with E-state index in [2.05, 4.69) is 10.3 Å². The minimum Gasteiger partial charge on any atom is -0.497 e. The Balaban J connectivity index is 2.16. The Hall–Kier alpha value is -3.42. The number of nitrogens with two attached hydrogens (primary N) is 1. The average molecular weight is 356 g/mol. The average Bonchev–Trinajstić information content (AvgIpc) is 3.08. The summed E-state index contributed by atoms with van der Waals surface area (Å²) in [6.07, 6.45) is 0. The number of aromatic nitrogens is 3. The van der Waals surface area contributed by atoms with Gasteiger partial charge in [-0.3, -0.25) is 0 Å². The van der Waals surface area contributed by atoms with E-state index >= 15 is 0 Å². The zero-order valence-electron chi connectivity index (χ0n) is 15.0. The van der Waals surface area contributed by atoms with Gasteiger partial charge in [-0.25, -0.2) is 4.68 Å². The molecule has 0 saturated heterocycles. The molecule has 0 atom stereocenters. The largest absolute Gasteiger partial charge is 0.497 e. The highest BCUT2D eigenvalue weighted by Crippen LogP contribution is 2.40. The lowest BCUT2D eigenvalue weighted by Gasteiger charge is -2.15. The molecule has 26 heavy (non-hydrogen) atoms. The van der Waals surface area contributed by atoms with Crippen LogP contribution in [0.5, 0.6) is 23.0 Å². The molecule has 136 valence electrons. The Morgan fingerprint density at radius 2 is 1.46 bits per heavy atom. The van der Waals surface area contributed by atoms with Gasteiger partial charge in [-0.2, -0.15) is 0 Å². The van der Waals surface area contributed by atoms with Crippen molar-refractivity contribution in [2.75, 3.05) is 34.2 Å². The first-order valence-corrected chi connectivity index (χ1v) is 7.79. The molecule has 0 aliphatic rings. The molecule has 0 amide bonds. The Kier molecular flexibility index (Phi) is 4.83. The second-order valence-electron chi connectivity index (χ2n) is 5.35. The van der Waals surface area contributed by atoms with E-state index in [-0.39, 0.29) is 0 Å². The predicted octanol–water partition coefficient (Wildman–Crippen LogP) is 2.55. The molecule has 3 rings (SSSR count). The van der Waals surface area contributed by atoms with Crippen LogP contribution in [-0.4, -0.2) is 43.4 Å². The minimum absolute atomic E-state index is 0.309. The van der Waals surface area contributed by atoms with Crippen molar-refractivity contribution in [2.24, 2.45) is 0 Å². The lowest BCUT2D eigenvalue weighted by Crippen LogP contribution is -2.03. The van der Waals surface area contributed by atoms with E-state index in [4.69, 9.17) is 24.7 Å². The third kappa shape index (κ3) is 2.97. The van der Waals surface area contributed by atoms with Crippen LogP contribution in [0.3, 0.4) is 0 Å². The SMILES string of the molecule is COc1ccc(-c2c(N)nnn2-c2cc(OC)c(OC)c(OC)c2)cc1. The topological polar surface area (TPSA) is 93.7 Å². The molecule has 8 heteroatoms. The van der Waals surface area contributed by atoms with Crippen LogP contribution in [-0.2, 0) is 0 Å². The smallest absolute Gasteiger partial charge is 0.203 e. The molecular formula is C18H20N4O4. The Labute approximate surface area is 151 Å². The first-order valence-electron chi connectivity index (χ1n) is 7.79. The monoisotopic (exact) mass is 356 g/mol. The molecule has 1 aromatic heterocycles. The van der Waals surface area contributed by atoms with Crippen molar-refractivity contribution in [1.82, 2.24) is 15.0 Å². The van der Waals surface area contributed by atoms with E-state index in [0.29, 0.717) is 34.4 Å². The molecule has 0 spiro atoms. The van der Waals surface area contributed by atoms with Crippen LogP contribution in [0.15, 0.2) is 36.4 Å². The summed E-state index contributed by atoms with van der Waals surface area (Å²) in [4.78, 5) is 0. The molecule has 1 heterocycles. The van der Waals surface area contributed by atoms with E-state index in [1.165, 1.54) is 0 Å². The molecule has 0 bridgehead atoms. The third-order valence-corrected chi connectivity index (χ3v) is 3.95. The number of nitrogens with zero attached hydrogens (tertiary/aromatic N) is 3. The van der Waals surface area contributed by atoms with Gasteiger partial charge in [-0.15, -0.1) is 5.10 Å². The summed E-state index contributed by atoms with van der Waals surface area (Å²) in [7, 11) is 6.28. The van der Waals surface area contributed by atoms with E-state index < -0.39 is 0 Å². The molecule has 0 fully saturated rings. The molecule has 2 aromatic carbocycles. The van der Waals surface area contributed by atoms with Gasteiger partial charge in [-0.05, 0) is 24.3 Å². The molecule has 8 nitrogen and oxygen atoms in total. The Morgan fingerprint density at radius 1 is 0.846 bits per heavy atom. The summed E-state index contributed by atoms with van der Waals surface area (Å²) < 4.78 is 23.0. The van der Waals surface area contributed by atoms with Gasteiger partial charge in [0, 0.05) is 17.7 Å². The van der Waals surface area contributed by atoms with Gasteiger partial charge < -0.3 is 24.7 Å². The van der Waals surface area contributed by atoms with Crippen LogP contribution in [0.1, 0.15) is 0 Å². The Morgan fingerprint density at radius 3 is 1.96 bits per heavy atom. The normalized spacial score (nSPS) is 10.5. The summed E-state index contributed by atoms with van der Waals surface area (Å²) in [5, 5.41) is 8.18. The van der Waals surface area contributed by atoms with Gasteiger partial charge in [0.15, 0.2) is 17.3 Å². The highest BCUT2D eigenvalue weighted by Gasteiger charge is 2.19. The van der Waals surface area contributed by atoms with Crippen molar-refractivity contribution < 1.29 is 18.9 Å². The number of hydrogen-bond acceptors (Lipinski definition) is 7. The molecule has 2 N–H and O–H groups in total. The number of hydrogen-bond donors (Lipinski definition) is 1. The van der Waals surface area contributed by atoms with Gasteiger partial charge in [0.05, 0.1) is 34.1 Å². The number of benzene rings is 2. The standard InChI is InChI=1S/C18H20N4O4/c1-23-13-7-5-11(6-8-13)16-18(19)20-21-22(16)12-9-14(24-2)17(26-4)15(10-12)25-3/h5-10H,19H2,1-4H3. The van der Waals surface area contributed by atoms with Crippen molar-refractivity contribution in [2.45, 2.75) is 0 Å². The van der Waals surface area contributed by atoms with Crippen LogP contribution in [0.25, 0.3) is 16.9 Å². The van der Waals surface area contributed by atoms with Crippen molar-refractivity contribution in [3.8, 4) is 39.9 Å². The van der Waals surface area contributed by atoms with E-state index in [1.54, 1.807) is 45.3 Å². The molecular weight excluding hydrogens is 336 g/mol. The number of methoxy groups -OCH3 is 4. The van der Waals surface area contributed by atoms with Gasteiger partial charge >= 0.3 is 0 Å². The van der Waals surface area contributed by atoms with Gasteiger partial charge in [0.1, 0.15) is 11.4 Å². The third-order valence-electron chi connectivity index (χ3n) is 3.95. The number of anilines is 1. The van der Waals surface area contributed by atoms with E-state index in [0.717, 1.165) is 11.3 Å². The van der Waals surface area contributed by atoms with Crippen molar-refractivity contribution in [1.29, 1.82) is 0 Å². The zero-order valence-corrected chi connectivity index (χ0v) is 15.0. The summed E-state index contributed by atoms with van der Waals surface area (Å²) in [5.74, 6) is 2.58. The second kappa shape index (κ2) is 7.22. The highest BCUT2D eigenvalue weighted by molar-refractivity contribution is 5.73. The maximum Gasteiger partial charge on any atom is 0.203 e. The minimum atomic E-state index is 0.309. The lowest BCUT2D eigenvalue weighted by molar-refractivity contribution is 0.324. The lowest BCUT2D eigenvalue weighted by atomic mass is 10.1. The summed E-state index contributed by atoms with van der Waals surface area (Å²) in [6.45, 7) is 0. The molecule has 0 aliphatic carbocycles. The molecule has 3 aromatic rings. The number of nitrogen functional groups attached to an aromatic ring is 1. The fourth-order valence-electron chi connectivity index (χ4n) is 2.68. The molecule has 0 aliphatic heterocycles. The Bertz CT molecular complexity index is 881. The van der Waals surface area contributed by atoms with Crippen LogP contribution in [0.4, 0.5) is 5.82 Å². The highest BCUT2D eigenvalue weighted by atomic mass is 16.5. The maximum atomic E-state index is 6.07. The number of rotatable bonds is 6. The van der Waals surface area contributed by atoms with Crippen LogP contribution >= 0.6 is 0 Å². The summed E-state index contributed by atoms with van der Waals surface area (Å²) >= 11 is 0. The fraction of sp³-hybridized carbons (Fsp3) is 0.222. The fourth-order valence-corrected chi connectivity index (χ4v) is 2.68. The van der Waals surface area contributed by atoms with Gasteiger partial charge in [-0.1, -0.05) is 5.21 Å². The zero-order chi connectivity index (χ0) is 18.7. The molecule has 0 radical (unpaired) electrons. The second-order valence-corrected chi connectivity index (χ2v) is 5.35. The van der Waals surface area contributed by atoms with Gasteiger partial charge in [0.2, 0.25) is 5.75 Å². The maximum absolute atomic E-state index is 6.07. The first-order chi connectivity index (χ1) is 12.6. The molecule has 0 unspecified atom stereocenters. The predicted molar refractivity (Wildman–Crippen MR) is 97.4 cm³/mol. The van der Waals surface area contributed by atoms with Crippen LogP contribution in [0.2, 0.25) is 0 Å². The molecule has 0 saturated carbocycles. The van der Waals surface area contributed by atoms with Crippen molar-refractivity contribution in [3.63, 3.8) is 0 Å². The summed E-state index contributed by atoms with van der Waals surface area (Å²) in [6, 6.07) is 11.0. The number of ether oxygens (including phenoxy) is 4. The summed E-state index contributed by atoms with van der Waals surface area (Å²) in [5.41, 5.74) is 8.24. The van der Waals surface area contributed by atoms with Crippen molar-refractivity contribution in [3.05, 3.63) is 36.4 Å². The first kappa shape index (κ1) is 17.4. The van der Waals surface area contributed by atoms with E-state index in [9.17, 15) is 0 Å². The van der Waals surface area contributed by atoms with Crippen LogP contribution in [0, 0.1) is 0 Å². The van der Waals surface area contributed by atoms with Crippen LogP contribution < -0.4 is 24.7 Å². The van der Waals surface area contributed by atoms with Gasteiger partial charge in [0.25, 0.3) is 0 Å². The quantitative estimate of drug-likeness (QED) is 0.725. The van der Waals surface area contributed by atoms with Crippen molar-refractivity contribution >= 4 is 5.82 Å². The van der Waals surface area contributed by atoms with E-state index in [1.807, 2.05) is 24.3 Å².